The van der Waals surface area contributed by atoms with Gasteiger partial charge in [0.1, 0.15) is 0 Å². The molecular formula is C18H18N2O3. The Morgan fingerprint density at radius 2 is 2.04 bits per heavy atom. The summed E-state index contributed by atoms with van der Waals surface area (Å²) < 4.78 is 0. The number of carbonyl (C=O) groups is 2. The molecule has 0 radical (unpaired) electrons. The largest absolute Gasteiger partial charge is 0.478 e. The van der Waals surface area contributed by atoms with Crippen LogP contribution in [0.1, 0.15) is 33.6 Å². The van der Waals surface area contributed by atoms with E-state index < -0.39 is 5.97 Å². The van der Waals surface area contributed by atoms with Crippen molar-refractivity contribution in [2.45, 2.75) is 25.8 Å². The standard InChI is InChI=1S/C18H18N2O3/c21-17(7-6-16-3-1-2-9-19-16)20-10-8-13-4-5-14(18(22)23)11-15(13)12-20/h1-5,9,11H,6-8,10,12H2,(H,22,23). The van der Waals surface area contributed by atoms with E-state index in [-0.39, 0.29) is 11.5 Å². The molecule has 1 amide bonds. The van der Waals surface area contributed by atoms with Gasteiger partial charge in [-0.05, 0) is 48.2 Å². The summed E-state index contributed by atoms with van der Waals surface area (Å²) in [6, 6.07) is 10.8. The van der Waals surface area contributed by atoms with Gasteiger partial charge in [0.2, 0.25) is 5.91 Å². The second-order valence-corrected chi connectivity index (χ2v) is 5.68. The molecule has 0 unspecified atom stereocenters. The SMILES string of the molecule is O=C(O)c1ccc2c(c1)CN(C(=O)CCc1ccccn1)CC2. The number of pyridine rings is 1. The maximum absolute atomic E-state index is 12.4. The summed E-state index contributed by atoms with van der Waals surface area (Å²) in [7, 11) is 0. The van der Waals surface area contributed by atoms with E-state index in [2.05, 4.69) is 4.98 Å². The second-order valence-electron chi connectivity index (χ2n) is 5.68. The minimum Gasteiger partial charge on any atom is -0.478 e. The molecule has 118 valence electrons. The molecule has 0 fully saturated rings. The third-order valence-electron chi connectivity index (χ3n) is 4.14. The van der Waals surface area contributed by atoms with Crippen molar-refractivity contribution in [2.75, 3.05) is 6.54 Å². The molecule has 2 aromatic rings. The smallest absolute Gasteiger partial charge is 0.335 e. The number of carbonyl (C=O) groups excluding carboxylic acids is 1. The van der Waals surface area contributed by atoms with Gasteiger partial charge < -0.3 is 10.0 Å². The fourth-order valence-corrected chi connectivity index (χ4v) is 2.84. The minimum absolute atomic E-state index is 0.0852. The summed E-state index contributed by atoms with van der Waals surface area (Å²) in [5, 5.41) is 9.08. The molecular weight excluding hydrogens is 292 g/mol. The number of nitrogens with zero attached hydrogens (tertiary/aromatic N) is 2. The molecule has 23 heavy (non-hydrogen) atoms. The van der Waals surface area contributed by atoms with Gasteiger partial charge in [-0.1, -0.05) is 12.1 Å². The molecule has 1 aliphatic rings. The average Bonchev–Trinajstić information content (AvgIpc) is 2.59. The Morgan fingerprint density at radius 3 is 2.78 bits per heavy atom. The van der Waals surface area contributed by atoms with Gasteiger partial charge in [-0.25, -0.2) is 4.79 Å². The van der Waals surface area contributed by atoms with Crippen molar-refractivity contribution >= 4 is 11.9 Å². The van der Waals surface area contributed by atoms with Crippen LogP contribution in [0, 0.1) is 0 Å². The van der Waals surface area contributed by atoms with Gasteiger partial charge in [-0.2, -0.15) is 0 Å². The third kappa shape index (κ3) is 3.56. The zero-order chi connectivity index (χ0) is 16.2. The van der Waals surface area contributed by atoms with Crippen LogP contribution < -0.4 is 0 Å². The molecule has 0 saturated heterocycles. The Kier molecular flexibility index (Phi) is 4.37. The van der Waals surface area contributed by atoms with E-state index in [1.54, 1.807) is 23.2 Å². The highest BCUT2D eigenvalue weighted by Crippen LogP contribution is 2.21. The van der Waals surface area contributed by atoms with E-state index in [9.17, 15) is 9.59 Å². The van der Waals surface area contributed by atoms with Gasteiger partial charge in [0, 0.05) is 31.4 Å². The van der Waals surface area contributed by atoms with Crippen molar-refractivity contribution in [1.29, 1.82) is 0 Å². The maximum Gasteiger partial charge on any atom is 0.335 e. The van der Waals surface area contributed by atoms with Crippen LogP contribution in [-0.4, -0.2) is 33.4 Å². The van der Waals surface area contributed by atoms with Gasteiger partial charge in [0.05, 0.1) is 5.56 Å². The maximum atomic E-state index is 12.4. The first-order valence-electron chi connectivity index (χ1n) is 7.66. The number of amides is 1. The van der Waals surface area contributed by atoms with Gasteiger partial charge >= 0.3 is 5.97 Å². The number of benzene rings is 1. The highest BCUT2D eigenvalue weighted by molar-refractivity contribution is 5.88. The number of hydrogen-bond donors (Lipinski definition) is 1. The molecule has 0 atom stereocenters. The summed E-state index contributed by atoms with van der Waals surface area (Å²) in [5.74, 6) is -0.853. The number of carboxylic acid groups (broad SMARTS) is 1. The number of aromatic carboxylic acids is 1. The van der Waals surface area contributed by atoms with Crippen LogP contribution in [0.3, 0.4) is 0 Å². The van der Waals surface area contributed by atoms with Gasteiger partial charge in [-0.3, -0.25) is 9.78 Å². The van der Waals surface area contributed by atoms with E-state index in [1.165, 1.54) is 0 Å². The van der Waals surface area contributed by atoms with Crippen LogP contribution >= 0.6 is 0 Å². The molecule has 2 heterocycles. The zero-order valence-electron chi connectivity index (χ0n) is 12.7. The lowest BCUT2D eigenvalue weighted by Crippen LogP contribution is -2.36. The van der Waals surface area contributed by atoms with Crippen molar-refractivity contribution in [3.05, 3.63) is 65.0 Å². The lowest BCUT2D eigenvalue weighted by molar-refractivity contribution is -0.132. The van der Waals surface area contributed by atoms with Crippen LogP contribution in [0.15, 0.2) is 42.6 Å². The third-order valence-corrected chi connectivity index (χ3v) is 4.14. The molecule has 0 spiro atoms. The van der Waals surface area contributed by atoms with Gasteiger partial charge in [-0.15, -0.1) is 0 Å². The van der Waals surface area contributed by atoms with Gasteiger partial charge in [0.15, 0.2) is 0 Å². The Labute approximate surface area is 134 Å². The Balaban J connectivity index is 1.65. The predicted octanol–water partition coefficient (Wildman–Crippen LogP) is 2.30. The van der Waals surface area contributed by atoms with Crippen molar-refractivity contribution in [3.8, 4) is 0 Å². The molecule has 1 aromatic carbocycles. The normalized spacial score (nSPS) is 13.5. The number of aromatic nitrogens is 1. The molecule has 0 aliphatic carbocycles. The molecule has 1 N–H and O–H groups in total. The monoisotopic (exact) mass is 310 g/mol. The number of hydrogen-bond acceptors (Lipinski definition) is 3. The summed E-state index contributed by atoms with van der Waals surface area (Å²) >= 11 is 0. The van der Waals surface area contributed by atoms with Crippen molar-refractivity contribution in [1.82, 2.24) is 9.88 Å². The van der Waals surface area contributed by atoms with Crippen molar-refractivity contribution < 1.29 is 14.7 Å². The quantitative estimate of drug-likeness (QED) is 0.940. The first kappa shape index (κ1) is 15.2. The van der Waals surface area contributed by atoms with Crippen LogP contribution in [0.25, 0.3) is 0 Å². The predicted molar refractivity (Wildman–Crippen MR) is 85.1 cm³/mol. The molecule has 1 aromatic heterocycles. The number of fused-ring (bicyclic) bond motifs is 1. The lowest BCUT2D eigenvalue weighted by atomic mass is 9.97. The fourth-order valence-electron chi connectivity index (χ4n) is 2.84. The van der Waals surface area contributed by atoms with Crippen LogP contribution in [-0.2, 0) is 24.2 Å². The molecule has 0 saturated carbocycles. The summed E-state index contributed by atoms with van der Waals surface area (Å²) in [5.41, 5.74) is 3.24. The Hall–Kier alpha value is -2.69. The number of carboxylic acids is 1. The van der Waals surface area contributed by atoms with E-state index >= 15 is 0 Å². The summed E-state index contributed by atoms with van der Waals surface area (Å²) in [4.78, 5) is 29.5. The Bertz CT molecular complexity index is 728. The number of aryl methyl sites for hydroxylation is 1. The molecule has 1 aliphatic heterocycles. The number of rotatable bonds is 4. The summed E-state index contributed by atoms with van der Waals surface area (Å²) in [6.45, 7) is 1.16. The lowest BCUT2D eigenvalue weighted by Gasteiger charge is -2.29. The first-order valence-corrected chi connectivity index (χ1v) is 7.66. The highest BCUT2D eigenvalue weighted by Gasteiger charge is 2.21. The van der Waals surface area contributed by atoms with Crippen LogP contribution in [0.4, 0.5) is 0 Å². The van der Waals surface area contributed by atoms with E-state index in [0.717, 1.165) is 23.2 Å². The molecule has 5 nitrogen and oxygen atoms in total. The van der Waals surface area contributed by atoms with E-state index in [4.69, 9.17) is 5.11 Å². The van der Waals surface area contributed by atoms with Gasteiger partial charge in [0.25, 0.3) is 0 Å². The molecule has 0 bridgehead atoms. The average molecular weight is 310 g/mol. The first-order chi connectivity index (χ1) is 11.1. The topological polar surface area (TPSA) is 70.5 Å². The summed E-state index contributed by atoms with van der Waals surface area (Å²) in [6.07, 6.45) is 3.54. The minimum atomic E-state index is -0.939. The zero-order valence-corrected chi connectivity index (χ0v) is 12.7. The Morgan fingerprint density at radius 1 is 1.17 bits per heavy atom. The fraction of sp³-hybridized carbons (Fsp3) is 0.278. The second kappa shape index (κ2) is 6.60. The van der Waals surface area contributed by atoms with Crippen LogP contribution in [0.2, 0.25) is 0 Å². The van der Waals surface area contributed by atoms with Crippen molar-refractivity contribution in [2.24, 2.45) is 0 Å². The van der Waals surface area contributed by atoms with Crippen molar-refractivity contribution in [3.63, 3.8) is 0 Å². The van der Waals surface area contributed by atoms with E-state index in [0.29, 0.717) is 25.9 Å². The molecule has 3 rings (SSSR count). The van der Waals surface area contributed by atoms with Crippen LogP contribution in [0.5, 0.6) is 0 Å². The molecule has 5 heteroatoms. The highest BCUT2D eigenvalue weighted by atomic mass is 16.4. The van der Waals surface area contributed by atoms with E-state index in [1.807, 2.05) is 24.3 Å².